The van der Waals surface area contributed by atoms with E-state index >= 15 is 0 Å². The number of hydrogen-bond acceptors (Lipinski definition) is 3. The highest BCUT2D eigenvalue weighted by atomic mass is 16.3. The van der Waals surface area contributed by atoms with Crippen LogP contribution < -0.4 is 4.90 Å². The van der Waals surface area contributed by atoms with Gasteiger partial charge in [0.15, 0.2) is 5.58 Å². The molecule has 0 bridgehead atoms. The van der Waals surface area contributed by atoms with Crippen molar-refractivity contribution in [2.24, 2.45) is 0 Å². The summed E-state index contributed by atoms with van der Waals surface area (Å²) in [5, 5.41) is 6.72. The summed E-state index contributed by atoms with van der Waals surface area (Å²) in [6, 6.07) is 61.9. The number of nitrogens with zero attached hydrogens (tertiary/aromatic N) is 1. The Hall–Kier alpha value is -6.58. The van der Waals surface area contributed by atoms with Gasteiger partial charge in [0.2, 0.25) is 0 Å². The number of rotatable bonds is 5. The first kappa shape index (κ1) is 27.5. The number of anilines is 3. The van der Waals surface area contributed by atoms with Crippen LogP contribution in [0.4, 0.5) is 17.1 Å². The third-order valence-corrected chi connectivity index (χ3v) is 9.66. The van der Waals surface area contributed by atoms with Crippen molar-refractivity contribution in [3.63, 3.8) is 0 Å². The SMILES string of the molecule is c1ccc(-c2cccc3c2oc2c(N(c4ccccc4-c4ccc5ccccc5c4)c4cccc5oc6ccccc6c45)cccc23)cc1. The molecular formula is C46H29NO2. The maximum absolute atomic E-state index is 7.01. The van der Waals surface area contributed by atoms with Crippen molar-refractivity contribution in [2.45, 2.75) is 0 Å². The summed E-state index contributed by atoms with van der Waals surface area (Å²) in [6.45, 7) is 0. The third-order valence-electron chi connectivity index (χ3n) is 9.66. The molecule has 0 aliphatic heterocycles. The van der Waals surface area contributed by atoms with Gasteiger partial charge in [-0.1, -0.05) is 140 Å². The Bertz CT molecular complexity index is 2840. The van der Waals surface area contributed by atoms with Crippen molar-refractivity contribution in [1.29, 1.82) is 0 Å². The quantitative estimate of drug-likeness (QED) is 0.190. The molecule has 10 rings (SSSR count). The van der Waals surface area contributed by atoms with E-state index in [0.717, 1.165) is 83.2 Å². The lowest BCUT2D eigenvalue weighted by atomic mass is 9.98. The van der Waals surface area contributed by atoms with E-state index in [9.17, 15) is 0 Å². The fourth-order valence-corrected chi connectivity index (χ4v) is 7.43. The molecule has 0 atom stereocenters. The molecule has 49 heavy (non-hydrogen) atoms. The molecule has 8 aromatic carbocycles. The molecule has 0 spiro atoms. The highest BCUT2D eigenvalue weighted by Crippen LogP contribution is 2.49. The number of benzene rings is 8. The zero-order chi connectivity index (χ0) is 32.3. The number of para-hydroxylation sites is 4. The minimum Gasteiger partial charge on any atom is -0.456 e. The van der Waals surface area contributed by atoms with Crippen LogP contribution in [0.5, 0.6) is 0 Å². The molecule has 0 unspecified atom stereocenters. The molecule has 0 saturated carbocycles. The zero-order valence-electron chi connectivity index (χ0n) is 26.5. The minimum absolute atomic E-state index is 0.832. The van der Waals surface area contributed by atoms with Crippen molar-refractivity contribution < 1.29 is 8.83 Å². The van der Waals surface area contributed by atoms with E-state index < -0.39 is 0 Å². The Morgan fingerprint density at radius 1 is 0.347 bits per heavy atom. The van der Waals surface area contributed by atoms with Gasteiger partial charge in [0, 0.05) is 27.3 Å². The summed E-state index contributed by atoms with van der Waals surface area (Å²) in [6.07, 6.45) is 0. The molecule has 0 aliphatic carbocycles. The summed E-state index contributed by atoms with van der Waals surface area (Å²) in [4.78, 5) is 2.36. The van der Waals surface area contributed by atoms with E-state index in [2.05, 4.69) is 163 Å². The maximum Gasteiger partial charge on any atom is 0.159 e. The van der Waals surface area contributed by atoms with E-state index in [1.807, 2.05) is 18.2 Å². The van der Waals surface area contributed by atoms with Crippen LogP contribution >= 0.6 is 0 Å². The zero-order valence-corrected chi connectivity index (χ0v) is 26.5. The second-order valence-corrected chi connectivity index (χ2v) is 12.5. The average molecular weight is 628 g/mol. The van der Waals surface area contributed by atoms with Crippen LogP contribution in [0, 0.1) is 0 Å². The van der Waals surface area contributed by atoms with Crippen LogP contribution in [-0.2, 0) is 0 Å². The molecule has 10 aromatic rings. The fraction of sp³-hybridized carbons (Fsp3) is 0. The van der Waals surface area contributed by atoms with Crippen LogP contribution in [0.15, 0.2) is 185 Å². The van der Waals surface area contributed by atoms with Gasteiger partial charge in [0.05, 0.1) is 22.4 Å². The molecule has 2 aromatic heterocycles. The predicted octanol–water partition coefficient (Wildman–Crippen LogP) is 13.4. The van der Waals surface area contributed by atoms with Gasteiger partial charge >= 0.3 is 0 Å². The minimum atomic E-state index is 0.832. The monoisotopic (exact) mass is 627 g/mol. The Balaban J connectivity index is 1.30. The van der Waals surface area contributed by atoms with Crippen molar-refractivity contribution in [1.82, 2.24) is 0 Å². The van der Waals surface area contributed by atoms with Gasteiger partial charge in [-0.2, -0.15) is 0 Å². The summed E-state index contributed by atoms with van der Waals surface area (Å²) in [5.74, 6) is 0. The van der Waals surface area contributed by atoms with Crippen LogP contribution in [0.1, 0.15) is 0 Å². The number of furan rings is 2. The van der Waals surface area contributed by atoms with Crippen LogP contribution in [0.3, 0.4) is 0 Å². The Morgan fingerprint density at radius 3 is 1.90 bits per heavy atom. The largest absolute Gasteiger partial charge is 0.456 e. The van der Waals surface area contributed by atoms with E-state index in [0.29, 0.717) is 0 Å². The van der Waals surface area contributed by atoms with Crippen molar-refractivity contribution in [3.05, 3.63) is 176 Å². The van der Waals surface area contributed by atoms with Gasteiger partial charge in [-0.3, -0.25) is 0 Å². The second kappa shape index (κ2) is 11.0. The normalized spacial score (nSPS) is 11.7. The van der Waals surface area contributed by atoms with Gasteiger partial charge in [-0.15, -0.1) is 0 Å². The lowest BCUT2D eigenvalue weighted by molar-refractivity contribution is 0.668. The topological polar surface area (TPSA) is 29.5 Å². The van der Waals surface area contributed by atoms with Crippen LogP contribution in [-0.4, -0.2) is 0 Å². The predicted molar refractivity (Wildman–Crippen MR) is 204 cm³/mol. The van der Waals surface area contributed by atoms with Gasteiger partial charge < -0.3 is 13.7 Å². The first-order valence-electron chi connectivity index (χ1n) is 16.6. The molecule has 230 valence electrons. The summed E-state index contributed by atoms with van der Waals surface area (Å²) >= 11 is 0. The van der Waals surface area contributed by atoms with Gasteiger partial charge in [0.25, 0.3) is 0 Å². The van der Waals surface area contributed by atoms with Crippen LogP contribution in [0.2, 0.25) is 0 Å². The van der Waals surface area contributed by atoms with Crippen LogP contribution in [0.25, 0.3) is 76.9 Å². The molecule has 3 nitrogen and oxygen atoms in total. The highest BCUT2D eigenvalue weighted by molar-refractivity contribution is 6.17. The van der Waals surface area contributed by atoms with Crippen molar-refractivity contribution >= 4 is 71.7 Å². The van der Waals surface area contributed by atoms with Crippen molar-refractivity contribution in [3.8, 4) is 22.3 Å². The Morgan fingerprint density at radius 2 is 0.980 bits per heavy atom. The molecular weight excluding hydrogens is 599 g/mol. The molecule has 0 aliphatic rings. The van der Waals surface area contributed by atoms with Crippen molar-refractivity contribution in [2.75, 3.05) is 4.90 Å². The van der Waals surface area contributed by atoms with Gasteiger partial charge in [-0.05, 0) is 58.3 Å². The summed E-state index contributed by atoms with van der Waals surface area (Å²) in [5.41, 5.74) is 10.9. The second-order valence-electron chi connectivity index (χ2n) is 12.5. The average Bonchev–Trinajstić information content (AvgIpc) is 3.75. The lowest BCUT2D eigenvalue weighted by Crippen LogP contribution is -2.12. The lowest BCUT2D eigenvalue weighted by Gasteiger charge is -2.28. The molecule has 0 amide bonds. The molecule has 0 fully saturated rings. The Labute approximate surface area is 282 Å². The number of fused-ring (bicyclic) bond motifs is 7. The summed E-state index contributed by atoms with van der Waals surface area (Å²) < 4.78 is 13.4. The number of hydrogen-bond donors (Lipinski definition) is 0. The standard InChI is InChI=1S/C46H29NO2/c1-2-14-31(15-3-1)35-19-10-20-36-37-21-11-24-41(46(37)49-45(35)36)47(40-23-12-26-43-44(40)38-18-7-9-25-42(38)48-43)39-22-8-6-17-34(39)33-28-27-30-13-4-5-16-32(30)29-33/h1-29H. The first-order valence-corrected chi connectivity index (χ1v) is 16.6. The van der Waals surface area contributed by atoms with E-state index in [-0.39, 0.29) is 0 Å². The molecule has 2 heterocycles. The Kier molecular flexibility index (Phi) is 6.18. The fourth-order valence-electron chi connectivity index (χ4n) is 7.43. The van der Waals surface area contributed by atoms with E-state index in [1.165, 1.54) is 10.8 Å². The van der Waals surface area contributed by atoms with E-state index in [4.69, 9.17) is 8.83 Å². The summed E-state index contributed by atoms with van der Waals surface area (Å²) in [7, 11) is 0. The maximum atomic E-state index is 7.01. The first-order chi connectivity index (χ1) is 24.3. The molecule has 0 N–H and O–H groups in total. The molecule has 0 radical (unpaired) electrons. The van der Waals surface area contributed by atoms with Gasteiger partial charge in [-0.25, -0.2) is 0 Å². The smallest absolute Gasteiger partial charge is 0.159 e. The van der Waals surface area contributed by atoms with Gasteiger partial charge in [0.1, 0.15) is 16.7 Å². The third kappa shape index (κ3) is 4.37. The van der Waals surface area contributed by atoms with E-state index in [1.54, 1.807) is 0 Å². The molecule has 0 saturated heterocycles. The highest BCUT2D eigenvalue weighted by Gasteiger charge is 2.25. The molecule has 3 heteroatoms.